The number of halogens is 1. The predicted molar refractivity (Wildman–Crippen MR) is 98.2 cm³/mol. The van der Waals surface area contributed by atoms with Crippen LogP contribution in [0, 0.1) is 5.82 Å². The molecule has 0 bridgehead atoms. The maximum absolute atomic E-state index is 13.5. The number of carbonyl (C=O) groups excluding carboxylic acids is 2. The van der Waals surface area contributed by atoms with E-state index in [9.17, 15) is 14.0 Å². The van der Waals surface area contributed by atoms with E-state index in [1.165, 1.54) is 12.1 Å². The zero-order valence-corrected chi connectivity index (χ0v) is 14.5. The summed E-state index contributed by atoms with van der Waals surface area (Å²) in [4.78, 5) is 26.8. The van der Waals surface area contributed by atoms with Crippen molar-refractivity contribution in [1.29, 1.82) is 0 Å². The Kier molecular flexibility index (Phi) is 5.63. The smallest absolute Gasteiger partial charge is 0.230 e. The average molecular weight is 355 g/mol. The van der Waals surface area contributed by atoms with Gasteiger partial charge in [-0.2, -0.15) is 0 Å². The number of nitrogens with zero attached hydrogens (tertiary/aromatic N) is 1. The standard InChI is InChI=1S/C20H22FN3O2/c21-15-6-7-16-17(13-19(25)23-18(16)12-15)20(26)24(11-9-22)10-8-14-4-2-1-3-5-14/h1-7,12,17H,8-11,13,22H2,(H,23,25). The van der Waals surface area contributed by atoms with Crippen molar-refractivity contribution >= 4 is 17.5 Å². The van der Waals surface area contributed by atoms with Crippen LogP contribution in [-0.4, -0.2) is 36.3 Å². The van der Waals surface area contributed by atoms with E-state index in [4.69, 9.17) is 5.73 Å². The molecular formula is C20H22FN3O2. The summed E-state index contributed by atoms with van der Waals surface area (Å²) in [5.74, 6) is -1.48. The maximum Gasteiger partial charge on any atom is 0.230 e. The molecule has 0 aromatic heterocycles. The number of amides is 2. The Morgan fingerprint density at radius 1 is 1.19 bits per heavy atom. The molecule has 2 aromatic carbocycles. The van der Waals surface area contributed by atoms with Gasteiger partial charge in [0, 0.05) is 31.7 Å². The molecule has 1 atom stereocenters. The van der Waals surface area contributed by atoms with E-state index in [-0.39, 0.29) is 18.2 Å². The van der Waals surface area contributed by atoms with E-state index < -0.39 is 11.7 Å². The Morgan fingerprint density at radius 2 is 1.96 bits per heavy atom. The lowest BCUT2D eigenvalue weighted by atomic mass is 9.89. The summed E-state index contributed by atoms with van der Waals surface area (Å²) in [5, 5.41) is 2.64. The molecule has 0 radical (unpaired) electrons. The van der Waals surface area contributed by atoms with Gasteiger partial charge in [0.25, 0.3) is 0 Å². The quantitative estimate of drug-likeness (QED) is 0.835. The number of benzene rings is 2. The van der Waals surface area contributed by atoms with E-state index in [1.54, 1.807) is 11.0 Å². The van der Waals surface area contributed by atoms with Crippen LogP contribution in [0.1, 0.15) is 23.5 Å². The molecule has 26 heavy (non-hydrogen) atoms. The summed E-state index contributed by atoms with van der Waals surface area (Å²) < 4.78 is 13.5. The monoisotopic (exact) mass is 355 g/mol. The SMILES string of the molecule is NCCN(CCc1ccccc1)C(=O)C1CC(=O)Nc2cc(F)ccc21. The highest BCUT2D eigenvalue weighted by molar-refractivity contribution is 6.01. The van der Waals surface area contributed by atoms with Crippen LogP contribution >= 0.6 is 0 Å². The van der Waals surface area contributed by atoms with Gasteiger partial charge in [0.05, 0.1) is 5.92 Å². The Labute approximate surface area is 152 Å². The zero-order chi connectivity index (χ0) is 18.5. The Balaban J connectivity index is 1.79. The first-order valence-corrected chi connectivity index (χ1v) is 8.70. The fourth-order valence-corrected chi connectivity index (χ4v) is 3.27. The van der Waals surface area contributed by atoms with Gasteiger partial charge in [0.15, 0.2) is 0 Å². The second kappa shape index (κ2) is 8.10. The number of fused-ring (bicyclic) bond motifs is 1. The number of nitrogens with two attached hydrogens (primary N) is 1. The minimum atomic E-state index is -0.610. The number of nitrogens with one attached hydrogen (secondary N) is 1. The Hall–Kier alpha value is -2.73. The van der Waals surface area contributed by atoms with Crippen LogP contribution in [0.2, 0.25) is 0 Å². The predicted octanol–water partition coefficient (Wildman–Crippen LogP) is 2.28. The lowest BCUT2D eigenvalue weighted by Gasteiger charge is -2.30. The molecule has 0 fully saturated rings. The Morgan fingerprint density at radius 3 is 2.69 bits per heavy atom. The van der Waals surface area contributed by atoms with E-state index in [1.807, 2.05) is 30.3 Å². The number of carbonyl (C=O) groups is 2. The third-order valence-electron chi connectivity index (χ3n) is 4.58. The molecule has 2 aromatic rings. The van der Waals surface area contributed by atoms with E-state index >= 15 is 0 Å². The third kappa shape index (κ3) is 4.08. The maximum atomic E-state index is 13.5. The second-order valence-corrected chi connectivity index (χ2v) is 6.39. The fraction of sp³-hybridized carbons (Fsp3) is 0.300. The molecule has 3 rings (SSSR count). The number of hydrogen-bond acceptors (Lipinski definition) is 3. The summed E-state index contributed by atoms with van der Waals surface area (Å²) in [6.07, 6.45) is 0.769. The highest BCUT2D eigenvalue weighted by Crippen LogP contribution is 2.34. The highest BCUT2D eigenvalue weighted by Gasteiger charge is 2.33. The van der Waals surface area contributed by atoms with Gasteiger partial charge in [-0.25, -0.2) is 4.39 Å². The second-order valence-electron chi connectivity index (χ2n) is 6.39. The van der Waals surface area contributed by atoms with Crippen LogP contribution in [0.5, 0.6) is 0 Å². The molecular weight excluding hydrogens is 333 g/mol. The van der Waals surface area contributed by atoms with Crippen molar-refractivity contribution in [3.8, 4) is 0 Å². The van der Waals surface area contributed by atoms with Gasteiger partial charge in [-0.1, -0.05) is 36.4 Å². The van der Waals surface area contributed by atoms with Gasteiger partial charge >= 0.3 is 0 Å². The average Bonchev–Trinajstić information content (AvgIpc) is 2.64. The number of anilines is 1. The highest BCUT2D eigenvalue weighted by atomic mass is 19.1. The molecule has 6 heteroatoms. The molecule has 0 aliphatic carbocycles. The number of hydrogen-bond donors (Lipinski definition) is 2. The molecule has 0 saturated heterocycles. The van der Waals surface area contributed by atoms with E-state index in [0.29, 0.717) is 37.3 Å². The minimum Gasteiger partial charge on any atom is -0.341 e. The first-order valence-electron chi connectivity index (χ1n) is 8.70. The summed E-state index contributed by atoms with van der Waals surface area (Å²) in [7, 11) is 0. The third-order valence-corrected chi connectivity index (χ3v) is 4.58. The van der Waals surface area contributed by atoms with Crippen molar-refractivity contribution in [3.05, 3.63) is 65.5 Å². The van der Waals surface area contributed by atoms with Gasteiger partial charge in [-0.15, -0.1) is 0 Å². The van der Waals surface area contributed by atoms with Crippen LogP contribution in [0.25, 0.3) is 0 Å². The largest absolute Gasteiger partial charge is 0.341 e. The van der Waals surface area contributed by atoms with E-state index in [2.05, 4.69) is 5.32 Å². The normalized spacial score (nSPS) is 15.9. The Bertz CT molecular complexity index is 795. The molecule has 2 amide bonds. The lowest BCUT2D eigenvalue weighted by Crippen LogP contribution is -2.42. The lowest BCUT2D eigenvalue weighted by molar-refractivity contribution is -0.134. The van der Waals surface area contributed by atoms with Crippen LogP contribution < -0.4 is 11.1 Å². The van der Waals surface area contributed by atoms with Crippen molar-refractivity contribution in [2.75, 3.05) is 25.0 Å². The van der Waals surface area contributed by atoms with Crippen LogP contribution in [0.15, 0.2) is 48.5 Å². The van der Waals surface area contributed by atoms with Crippen LogP contribution in [0.4, 0.5) is 10.1 Å². The fourth-order valence-electron chi connectivity index (χ4n) is 3.27. The van der Waals surface area contributed by atoms with Crippen LogP contribution in [0.3, 0.4) is 0 Å². The van der Waals surface area contributed by atoms with Crippen molar-refractivity contribution in [2.24, 2.45) is 5.73 Å². The molecule has 1 aliphatic rings. The molecule has 0 spiro atoms. The zero-order valence-electron chi connectivity index (χ0n) is 14.5. The van der Waals surface area contributed by atoms with Gasteiger partial charge in [-0.05, 0) is 29.7 Å². The first kappa shape index (κ1) is 18.1. The molecule has 5 nitrogen and oxygen atoms in total. The van der Waals surface area contributed by atoms with E-state index in [0.717, 1.165) is 5.56 Å². The molecule has 136 valence electrons. The molecule has 1 heterocycles. The molecule has 1 aliphatic heterocycles. The molecule has 3 N–H and O–H groups in total. The van der Waals surface area contributed by atoms with Gasteiger partial charge in [0.1, 0.15) is 5.82 Å². The summed E-state index contributed by atoms with van der Waals surface area (Å²) >= 11 is 0. The van der Waals surface area contributed by atoms with Gasteiger partial charge in [0.2, 0.25) is 11.8 Å². The summed E-state index contributed by atoms with van der Waals surface area (Å²) in [5.41, 5.74) is 7.84. The van der Waals surface area contributed by atoms with Crippen molar-refractivity contribution in [1.82, 2.24) is 4.90 Å². The first-order chi connectivity index (χ1) is 12.6. The van der Waals surface area contributed by atoms with Crippen molar-refractivity contribution in [3.63, 3.8) is 0 Å². The summed E-state index contributed by atoms with van der Waals surface area (Å²) in [6.45, 7) is 1.28. The minimum absolute atomic E-state index is 0.0594. The van der Waals surface area contributed by atoms with Crippen molar-refractivity contribution < 1.29 is 14.0 Å². The molecule has 1 unspecified atom stereocenters. The topological polar surface area (TPSA) is 75.4 Å². The van der Waals surface area contributed by atoms with Crippen LogP contribution in [-0.2, 0) is 16.0 Å². The molecule has 0 saturated carbocycles. The number of rotatable bonds is 6. The summed E-state index contributed by atoms with van der Waals surface area (Å²) in [6, 6.07) is 14.0. The van der Waals surface area contributed by atoms with Gasteiger partial charge in [-0.3, -0.25) is 9.59 Å². The van der Waals surface area contributed by atoms with Gasteiger partial charge < -0.3 is 16.0 Å². The van der Waals surface area contributed by atoms with Crippen molar-refractivity contribution in [2.45, 2.75) is 18.8 Å².